The van der Waals surface area contributed by atoms with Gasteiger partial charge in [0.05, 0.1) is 0 Å². The average molecular weight is 428 g/mol. The van der Waals surface area contributed by atoms with Gasteiger partial charge in [0, 0.05) is 5.92 Å². The van der Waals surface area contributed by atoms with Crippen LogP contribution in [0.3, 0.4) is 0 Å². The zero-order chi connectivity index (χ0) is 22.4. The summed E-state index contributed by atoms with van der Waals surface area (Å²) in [5, 5.41) is 0. The Labute approximate surface area is 197 Å². The summed E-state index contributed by atoms with van der Waals surface area (Å²) in [6, 6.07) is 9.41. The van der Waals surface area contributed by atoms with E-state index in [1.54, 1.807) is 17.0 Å². The quantitative estimate of drug-likeness (QED) is 0.161. The summed E-state index contributed by atoms with van der Waals surface area (Å²) in [4.78, 5) is 0. The minimum Gasteiger partial charge on any atom is -0.0654 e. The van der Waals surface area contributed by atoms with E-state index in [0.29, 0.717) is 0 Å². The lowest BCUT2D eigenvalue weighted by Gasteiger charge is -2.20. The fourth-order valence-electron chi connectivity index (χ4n) is 4.81. The molecule has 1 aromatic rings. The molecule has 0 aliphatic rings. The fourth-order valence-corrected chi connectivity index (χ4v) is 4.81. The summed E-state index contributed by atoms with van der Waals surface area (Å²) in [7, 11) is 0. The number of benzene rings is 1. The van der Waals surface area contributed by atoms with E-state index >= 15 is 0 Å². The van der Waals surface area contributed by atoms with Crippen molar-refractivity contribution in [1.82, 2.24) is 0 Å². The Morgan fingerprint density at radius 2 is 0.903 bits per heavy atom. The van der Waals surface area contributed by atoms with Gasteiger partial charge < -0.3 is 0 Å². The molecule has 1 aromatic carbocycles. The van der Waals surface area contributed by atoms with Crippen molar-refractivity contribution in [3.63, 3.8) is 0 Å². The van der Waals surface area contributed by atoms with Crippen LogP contribution in [-0.2, 0) is 6.42 Å². The van der Waals surface area contributed by atoms with Gasteiger partial charge in [0.2, 0.25) is 0 Å². The average Bonchev–Trinajstić information content (AvgIpc) is 2.79. The lowest BCUT2D eigenvalue weighted by molar-refractivity contribution is 0.560. The largest absolute Gasteiger partial charge is 0.0654 e. The van der Waals surface area contributed by atoms with E-state index in [1.807, 2.05) is 0 Å². The molecule has 0 atom stereocenters. The van der Waals surface area contributed by atoms with Crippen molar-refractivity contribution in [2.75, 3.05) is 0 Å². The summed E-state index contributed by atoms with van der Waals surface area (Å²) in [5.41, 5.74) is 3.25. The maximum Gasteiger partial charge on any atom is 0.00526 e. The van der Waals surface area contributed by atoms with Crippen molar-refractivity contribution in [2.45, 2.75) is 156 Å². The summed E-state index contributed by atoms with van der Waals surface area (Å²) >= 11 is 0. The second-order valence-corrected chi connectivity index (χ2v) is 9.81. The lowest BCUT2D eigenvalue weighted by atomic mass is 9.84. The molecule has 0 spiro atoms. The lowest BCUT2D eigenvalue weighted by Crippen LogP contribution is -2.05. The molecular weight excluding hydrogens is 372 g/mol. The highest BCUT2D eigenvalue weighted by Crippen LogP contribution is 2.31. The van der Waals surface area contributed by atoms with Gasteiger partial charge in [-0.05, 0) is 36.8 Å². The topological polar surface area (TPSA) is 0 Å². The van der Waals surface area contributed by atoms with Gasteiger partial charge in [-0.2, -0.15) is 0 Å². The van der Waals surface area contributed by atoms with Crippen molar-refractivity contribution in [2.24, 2.45) is 0 Å². The second-order valence-electron chi connectivity index (χ2n) is 9.81. The van der Waals surface area contributed by atoms with Crippen molar-refractivity contribution in [1.29, 1.82) is 0 Å². The molecule has 0 aliphatic carbocycles. The number of unbranched alkanes of at least 4 members (excludes halogenated alkanes) is 15. The van der Waals surface area contributed by atoms with Gasteiger partial charge in [0.25, 0.3) is 0 Å². The van der Waals surface area contributed by atoms with Gasteiger partial charge in [-0.1, -0.05) is 154 Å². The molecule has 0 saturated carbocycles. The van der Waals surface area contributed by atoms with E-state index in [9.17, 15) is 0 Å². The molecule has 0 heteroatoms. The molecule has 0 saturated heterocycles. The van der Waals surface area contributed by atoms with Crippen LogP contribution in [0.5, 0.6) is 0 Å². The van der Waals surface area contributed by atoms with Gasteiger partial charge in [-0.3, -0.25) is 0 Å². The van der Waals surface area contributed by atoms with Crippen molar-refractivity contribution >= 4 is 0 Å². The number of aryl methyl sites for hydroxylation is 1. The van der Waals surface area contributed by atoms with Crippen LogP contribution in [0.2, 0.25) is 0 Å². The summed E-state index contributed by atoms with van der Waals surface area (Å²) in [5.74, 6) is 1.77. The summed E-state index contributed by atoms with van der Waals surface area (Å²) in [6.07, 6.45) is 29.1. The van der Waals surface area contributed by atoms with Crippen LogP contribution in [0.25, 0.3) is 0 Å². The smallest absolute Gasteiger partial charge is 0.00526 e. The zero-order valence-corrected chi connectivity index (χ0v) is 21.7. The van der Waals surface area contributed by atoms with E-state index in [-0.39, 0.29) is 0 Å². The van der Waals surface area contributed by atoms with Crippen molar-refractivity contribution < 1.29 is 0 Å². The van der Waals surface area contributed by atoms with E-state index < -0.39 is 0 Å². The first-order valence-electron chi connectivity index (χ1n) is 14.3. The molecule has 0 unspecified atom stereocenters. The molecule has 0 aliphatic heterocycles. The normalized spacial score (nSPS) is 11.5. The Bertz CT molecular complexity index is 473. The minimum atomic E-state index is 1.28. The van der Waals surface area contributed by atoms with Crippen LogP contribution in [0.15, 0.2) is 24.3 Å². The Hall–Kier alpha value is -0.780. The maximum atomic E-state index is 2.44. The van der Waals surface area contributed by atoms with Crippen LogP contribution < -0.4 is 0 Å². The Kier molecular flexibility index (Phi) is 19.2. The molecule has 31 heavy (non-hydrogen) atoms. The predicted molar refractivity (Wildman–Crippen MR) is 142 cm³/mol. The minimum absolute atomic E-state index is 1.28. The molecule has 0 bridgehead atoms. The second kappa shape index (κ2) is 21.1. The molecular formula is C31H55. The molecule has 0 fully saturated rings. The van der Waals surface area contributed by atoms with Crippen LogP contribution >= 0.6 is 0 Å². The van der Waals surface area contributed by atoms with Gasteiger partial charge >= 0.3 is 0 Å². The molecule has 0 amide bonds. The number of hydrogen-bond acceptors (Lipinski definition) is 0. The van der Waals surface area contributed by atoms with Crippen molar-refractivity contribution in [3.05, 3.63) is 41.3 Å². The van der Waals surface area contributed by atoms with Gasteiger partial charge in [0.1, 0.15) is 0 Å². The Balaban J connectivity index is 2.56. The van der Waals surface area contributed by atoms with Crippen LogP contribution in [-0.4, -0.2) is 0 Å². The molecule has 1 radical (unpaired) electrons. The SMILES string of the molecule is CCCCCCCC[C](CCCCCCCC)c1ccccc1CCCCCCCC. The van der Waals surface area contributed by atoms with Crippen LogP contribution in [0.1, 0.15) is 160 Å². The third kappa shape index (κ3) is 14.8. The Morgan fingerprint density at radius 3 is 1.42 bits per heavy atom. The molecule has 0 aromatic heterocycles. The van der Waals surface area contributed by atoms with Crippen molar-refractivity contribution in [3.8, 4) is 0 Å². The molecule has 1 rings (SSSR count). The van der Waals surface area contributed by atoms with E-state index in [0.717, 1.165) is 0 Å². The monoisotopic (exact) mass is 427 g/mol. The van der Waals surface area contributed by atoms with E-state index in [4.69, 9.17) is 0 Å². The standard InChI is InChI=1S/C31H55/c1-4-7-10-13-16-19-24-29(25-20-17-14-11-8-5-2)31-28-23-22-27-30(31)26-21-18-15-12-9-6-3/h22-23,27-28H,4-21,24-26H2,1-3H3. The summed E-state index contributed by atoms with van der Waals surface area (Å²) < 4.78 is 0. The molecule has 0 heterocycles. The highest BCUT2D eigenvalue weighted by atomic mass is 14.2. The third-order valence-corrected chi connectivity index (χ3v) is 6.86. The highest BCUT2D eigenvalue weighted by molar-refractivity contribution is 5.38. The summed E-state index contributed by atoms with van der Waals surface area (Å²) in [6.45, 7) is 6.93. The maximum absolute atomic E-state index is 2.44. The van der Waals surface area contributed by atoms with Crippen LogP contribution in [0, 0.1) is 5.92 Å². The Morgan fingerprint density at radius 1 is 0.484 bits per heavy atom. The van der Waals surface area contributed by atoms with E-state index in [1.165, 1.54) is 135 Å². The molecule has 0 N–H and O–H groups in total. The number of hydrogen-bond donors (Lipinski definition) is 0. The molecule has 179 valence electrons. The fraction of sp³-hybridized carbons (Fsp3) is 0.774. The van der Waals surface area contributed by atoms with E-state index in [2.05, 4.69) is 45.0 Å². The van der Waals surface area contributed by atoms with Gasteiger partial charge in [0.15, 0.2) is 0 Å². The first-order valence-corrected chi connectivity index (χ1v) is 14.3. The van der Waals surface area contributed by atoms with Crippen LogP contribution in [0.4, 0.5) is 0 Å². The first kappa shape index (κ1) is 28.3. The molecule has 0 nitrogen and oxygen atoms in total. The third-order valence-electron chi connectivity index (χ3n) is 6.86. The first-order chi connectivity index (χ1) is 15.3. The van der Waals surface area contributed by atoms with Gasteiger partial charge in [-0.25, -0.2) is 0 Å². The predicted octanol–water partition coefficient (Wildman–Crippen LogP) is 11.0. The highest BCUT2D eigenvalue weighted by Gasteiger charge is 2.15. The number of rotatable bonds is 22. The van der Waals surface area contributed by atoms with Gasteiger partial charge in [-0.15, -0.1) is 0 Å². The zero-order valence-electron chi connectivity index (χ0n) is 21.7.